The van der Waals surface area contributed by atoms with E-state index in [4.69, 9.17) is 4.52 Å². The molecule has 7 nitrogen and oxygen atoms in total. The van der Waals surface area contributed by atoms with Crippen molar-refractivity contribution in [1.82, 2.24) is 25.3 Å². The number of likely N-dealkylation sites (N-methyl/N-ethyl adjacent to an activating group) is 2. The molecule has 0 spiro atoms. The number of benzene rings is 1. The lowest BCUT2D eigenvalue weighted by atomic mass is 10.1. The number of carbonyl (C=O) groups is 1. The van der Waals surface area contributed by atoms with Gasteiger partial charge in [0.15, 0.2) is 0 Å². The first-order chi connectivity index (χ1) is 12.5. The SMILES string of the molecule is CCN(CC)CC(=O)NCCN(C)Cc1nc(-c2ccc(C)cc2)no1. The molecule has 0 saturated carbocycles. The van der Waals surface area contributed by atoms with E-state index in [0.717, 1.165) is 18.7 Å². The van der Waals surface area contributed by atoms with Gasteiger partial charge < -0.3 is 9.84 Å². The lowest BCUT2D eigenvalue weighted by Crippen LogP contribution is -2.39. The van der Waals surface area contributed by atoms with Gasteiger partial charge in [-0.15, -0.1) is 0 Å². The first-order valence-electron chi connectivity index (χ1n) is 9.09. The zero-order valence-corrected chi connectivity index (χ0v) is 16.2. The van der Waals surface area contributed by atoms with Crippen LogP contribution in [0, 0.1) is 6.92 Å². The van der Waals surface area contributed by atoms with Gasteiger partial charge in [-0.1, -0.05) is 48.8 Å². The summed E-state index contributed by atoms with van der Waals surface area (Å²) in [6.45, 7) is 10.2. The van der Waals surface area contributed by atoms with Crippen molar-refractivity contribution in [2.45, 2.75) is 27.3 Å². The van der Waals surface area contributed by atoms with Gasteiger partial charge in [-0.25, -0.2) is 0 Å². The second kappa shape index (κ2) is 10.0. The number of nitrogens with zero attached hydrogens (tertiary/aromatic N) is 4. The van der Waals surface area contributed by atoms with Gasteiger partial charge in [0.05, 0.1) is 13.1 Å². The monoisotopic (exact) mass is 359 g/mol. The van der Waals surface area contributed by atoms with E-state index in [-0.39, 0.29) is 5.91 Å². The zero-order chi connectivity index (χ0) is 18.9. The molecule has 0 bridgehead atoms. The van der Waals surface area contributed by atoms with E-state index in [2.05, 4.69) is 34.2 Å². The van der Waals surface area contributed by atoms with Crippen molar-refractivity contribution in [2.75, 3.05) is 39.8 Å². The molecule has 0 atom stereocenters. The molecule has 2 rings (SSSR count). The van der Waals surface area contributed by atoms with E-state index in [0.29, 0.717) is 37.9 Å². The number of aryl methyl sites for hydroxylation is 1. The normalized spacial score (nSPS) is 11.3. The Morgan fingerprint density at radius 3 is 2.54 bits per heavy atom. The number of aromatic nitrogens is 2. The minimum absolute atomic E-state index is 0.0570. The van der Waals surface area contributed by atoms with Gasteiger partial charge in [0.2, 0.25) is 17.6 Å². The van der Waals surface area contributed by atoms with Gasteiger partial charge in [0, 0.05) is 18.7 Å². The van der Waals surface area contributed by atoms with Crippen molar-refractivity contribution in [3.63, 3.8) is 0 Å². The van der Waals surface area contributed by atoms with Crippen LogP contribution >= 0.6 is 0 Å². The van der Waals surface area contributed by atoms with E-state index < -0.39 is 0 Å². The van der Waals surface area contributed by atoms with Crippen LogP contribution in [-0.4, -0.2) is 65.6 Å². The van der Waals surface area contributed by atoms with E-state index in [9.17, 15) is 4.79 Å². The first-order valence-corrected chi connectivity index (χ1v) is 9.09. The van der Waals surface area contributed by atoms with Gasteiger partial charge in [-0.3, -0.25) is 14.6 Å². The Kier molecular flexibility index (Phi) is 7.74. The molecule has 1 N–H and O–H groups in total. The minimum atomic E-state index is 0.0570. The minimum Gasteiger partial charge on any atom is -0.354 e. The summed E-state index contributed by atoms with van der Waals surface area (Å²) in [4.78, 5) is 20.5. The maximum atomic E-state index is 11.9. The summed E-state index contributed by atoms with van der Waals surface area (Å²) in [5.41, 5.74) is 2.14. The Balaban J connectivity index is 1.75. The fourth-order valence-electron chi connectivity index (χ4n) is 2.54. The molecule has 0 aliphatic heterocycles. The van der Waals surface area contributed by atoms with Gasteiger partial charge in [0.1, 0.15) is 0 Å². The lowest BCUT2D eigenvalue weighted by molar-refractivity contribution is -0.122. The highest BCUT2D eigenvalue weighted by atomic mass is 16.5. The summed E-state index contributed by atoms with van der Waals surface area (Å²) >= 11 is 0. The maximum Gasteiger partial charge on any atom is 0.241 e. The lowest BCUT2D eigenvalue weighted by Gasteiger charge is -2.18. The molecule has 0 saturated heterocycles. The Morgan fingerprint density at radius 1 is 1.19 bits per heavy atom. The third-order valence-corrected chi connectivity index (χ3v) is 4.26. The van der Waals surface area contributed by atoms with E-state index in [1.54, 1.807) is 0 Å². The third-order valence-electron chi connectivity index (χ3n) is 4.26. The highest BCUT2D eigenvalue weighted by molar-refractivity contribution is 5.77. The predicted molar refractivity (Wildman–Crippen MR) is 102 cm³/mol. The second-order valence-electron chi connectivity index (χ2n) is 6.43. The van der Waals surface area contributed by atoms with Gasteiger partial charge in [-0.05, 0) is 27.1 Å². The number of carbonyl (C=O) groups excluding carboxylic acids is 1. The van der Waals surface area contributed by atoms with Crippen LogP contribution in [0.15, 0.2) is 28.8 Å². The first kappa shape index (κ1) is 20.1. The fourth-order valence-corrected chi connectivity index (χ4v) is 2.54. The second-order valence-corrected chi connectivity index (χ2v) is 6.43. The molecular weight excluding hydrogens is 330 g/mol. The molecule has 0 aliphatic rings. The Morgan fingerprint density at radius 2 is 1.88 bits per heavy atom. The van der Waals surface area contributed by atoms with Crippen LogP contribution in [0.25, 0.3) is 11.4 Å². The number of rotatable bonds is 10. The number of hydrogen-bond acceptors (Lipinski definition) is 6. The molecule has 0 fully saturated rings. The van der Waals surface area contributed by atoms with Crippen LogP contribution in [-0.2, 0) is 11.3 Å². The summed E-state index contributed by atoms with van der Waals surface area (Å²) in [7, 11) is 1.96. The molecule has 1 aromatic carbocycles. The fraction of sp³-hybridized carbons (Fsp3) is 0.526. The number of hydrogen-bond donors (Lipinski definition) is 1. The molecule has 0 unspecified atom stereocenters. The molecule has 7 heteroatoms. The molecule has 1 heterocycles. The van der Waals surface area contributed by atoms with E-state index in [1.807, 2.05) is 43.1 Å². The van der Waals surface area contributed by atoms with Crippen molar-refractivity contribution in [2.24, 2.45) is 0 Å². The third kappa shape index (κ3) is 6.24. The maximum absolute atomic E-state index is 11.9. The van der Waals surface area contributed by atoms with Gasteiger partial charge >= 0.3 is 0 Å². The highest BCUT2D eigenvalue weighted by Crippen LogP contribution is 2.16. The Hall–Kier alpha value is -2.25. The largest absolute Gasteiger partial charge is 0.354 e. The van der Waals surface area contributed by atoms with Crippen LogP contribution in [0.4, 0.5) is 0 Å². The quantitative estimate of drug-likeness (QED) is 0.699. The Bertz CT molecular complexity index is 679. The van der Waals surface area contributed by atoms with Crippen LogP contribution < -0.4 is 5.32 Å². The standard InChI is InChI=1S/C19H29N5O2/c1-5-24(6-2)13-17(25)20-11-12-23(4)14-18-21-19(22-26-18)16-9-7-15(3)8-10-16/h7-10H,5-6,11-14H2,1-4H3,(H,20,25). The van der Waals surface area contributed by atoms with Crippen molar-refractivity contribution < 1.29 is 9.32 Å². The van der Waals surface area contributed by atoms with Gasteiger partial charge in [0.25, 0.3) is 0 Å². The molecule has 2 aromatic rings. The topological polar surface area (TPSA) is 74.5 Å². The summed E-state index contributed by atoms with van der Waals surface area (Å²) in [5.74, 6) is 1.22. The average Bonchev–Trinajstić information content (AvgIpc) is 3.08. The summed E-state index contributed by atoms with van der Waals surface area (Å²) in [6.07, 6.45) is 0. The summed E-state index contributed by atoms with van der Waals surface area (Å²) < 4.78 is 5.33. The zero-order valence-electron chi connectivity index (χ0n) is 16.2. The van der Waals surface area contributed by atoms with Crippen molar-refractivity contribution in [3.05, 3.63) is 35.7 Å². The predicted octanol–water partition coefficient (Wildman–Crippen LogP) is 1.93. The molecule has 0 aliphatic carbocycles. The summed E-state index contributed by atoms with van der Waals surface area (Å²) in [5, 5.41) is 6.99. The van der Waals surface area contributed by atoms with Crippen LogP contribution in [0.5, 0.6) is 0 Å². The molecule has 1 amide bonds. The van der Waals surface area contributed by atoms with E-state index >= 15 is 0 Å². The molecular formula is C19H29N5O2. The number of nitrogens with one attached hydrogen (secondary N) is 1. The molecule has 1 aromatic heterocycles. The van der Waals surface area contributed by atoms with Crippen LogP contribution in [0.1, 0.15) is 25.3 Å². The van der Waals surface area contributed by atoms with Crippen LogP contribution in [0.2, 0.25) is 0 Å². The molecule has 0 radical (unpaired) electrons. The van der Waals surface area contributed by atoms with Crippen molar-refractivity contribution >= 4 is 5.91 Å². The molecule has 142 valence electrons. The molecule has 26 heavy (non-hydrogen) atoms. The highest BCUT2D eigenvalue weighted by Gasteiger charge is 2.11. The van der Waals surface area contributed by atoms with Crippen LogP contribution in [0.3, 0.4) is 0 Å². The average molecular weight is 359 g/mol. The van der Waals surface area contributed by atoms with Crippen molar-refractivity contribution in [1.29, 1.82) is 0 Å². The smallest absolute Gasteiger partial charge is 0.241 e. The van der Waals surface area contributed by atoms with E-state index in [1.165, 1.54) is 5.56 Å². The number of amides is 1. The Labute approximate surface area is 155 Å². The summed E-state index contributed by atoms with van der Waals surface area (Å²) in [6, 6.07) is 8.02. The van der Waals surface area contributed by atoms with Gasteiger partial charge in [-0.2, -0.15) is 4.98 Å². The van der Waals surface area contributed by atoms with Crippen molar-refractivity contribution in [3.8, 4) is 11.4 Å².